The lowest BCUT2D eigenvalue weighted by atomic mass is 10.3. The summed E-state index contributed by atoms with van der Waals surface area (Å²) in [6.45, 7) is 0.840. The summed E-state index contributed by atoms with van der Waals surface area (Å²) >= 11 is 0. The van der Waals surface area contributed by atoms with Gasteiger partial charge < -0.3 is 14.6 Å². The zero-order valence-corrected chi connectivity index (χ0v) is 15.9. The molecule has 1 unspecified atom stereocenters. The second kappa shape index (κ2) is 9.29. The van der Waals surface area contributed by atoms with Crippen molar-refractivity contribution in [3.8, 4) is 11.5 Å². The van der Waals surface area contributed by atoms with E-state index in [1.165, 1.54) is 0 Å². The van der Waals surface area contributed by atoms with E-state index < -0.39 is 10.8 Å². The number of nitrogens with one attached hydrogen (secondary N) is 1. The van der Waals surface area contributed by atoms with E-state index in [9.17, 15) is 9.00 Å². The third kappa shape index (κ3) is 4.93. The number of hydrogen-bond donors (Lipinski definition) is 1. The standard InChI is InChI=1S/C19H22N4O3S/c1-26-12-9-20-18(24)15-27(25)14-16-13-21-23(17-7-3-2-4-8-17)19(16)22-10-5-6-11-22/h2-8,10-11,13H,9,12,14-15H2,1H3,(H,20,24). The second-order valence-corrected chi connectivity index (χ2v) is 7.36. The van der Waals surface area contributed by atoms with Gasteiger partial charge >= 0.3 is 0 Å². The smallest absolute Gasteiger partial charge is 0.232 e. The molecule has 1 aromatic carbocycles. The Labute approximate surface area is 160 Å². The molecule has 3 rings (SSSR count). The molecule has 0 saturated carbocycles. The largest absolute Gasteiger partial charge is 0.383 e. The maximum atomic E-state index is 12.5. The van der Waals surface area contributed by atoms with Crippen molar-refractivity contribution in [1.82, 2.24) is 19.7 Å². The van der Waals surface area contributed by atoms with Crippen LogP contribution in [0.15, 0.2) is 61.1 Å². The number of nitrogens with zero attached hydrogens (tertiary/aromatic N) is 3. The number of ether oxygens (including phenoxy) is 1. The predicted molar refractivity (Wildman–Crippen MR) is 104 cm³/mol. The molecule has 0 spiro atoms. The molecular formula is C19H22N4O3S. The number of carbonyl (C=O) groups is 1. The molecule has 0 aliphatic rings. The van der Waals surface area contributed by atoms with E-state index in [0.29, 0.717) is 13.2 Å². The molecule has 142 valence electrons. The van der Waals surface area contributed by atoms with Gasteiger partial charge in [0.25, 0.3) is 0 Å². The predicted octanol–water partition coefficient (Wildman–Crippen LogP) is 1.67. The fourth-order valence-electron chi connectivity index (χ4n) is 2.70. The summed E-state index contributed by atoms with van der Waals surface area (Å²) in [5, 5.41) is 7.17. The third-order valence-corrected chi connectivity index (χ3v) is 5.12. The van der Waals surface area contributed by atoms with Crippen LogP contribution in [-0.4, -0.2) is 50.5 Å². The molecule has 3 aromatic rings. The molecule has 27 heavy (non-hydrogen) atoms. The first kappa shape index (κ1) is 19.1. The molecule has 1 atom stereocenters. The summed E-state index contributed by atoms with van der Waals surface area (Å²) < 4.78 is 21.1. The van der Waals surface area contributed by atoms with Crippen LogP contribution in [0, 0.1) is 0 Å². The lowest BCUT2D eigenvalue weighted by molar-refractivity contribution is -0.118. The van der Waals surface area contributed by atoms with Crippen LogP contribution in [0.2, 0.25) is 0 Å². The van der Waals surface area contributed by atoms with E-state index in [1.54, 1.807) is 13.3 Å². The molecule has 1 amide bonds. The second-order valence-electron chi connectivity index (χ2n) is 5.90. The van der Waals surface area contributed by atoms with Gasteiger partial charge in [-0.2, -0.15) is 5.10 Å². The van der Waals surface area contributed by atoms with Gasteiger partial charge in [0, 0.05) is 42.4 Å². The number of hydrogen-bond acceptors (Lipinski definition) is 4. The summed E-state index contributed by atoms with van der Waals surface area (Å²) in [7, 11) is 0.226. The lowest BCUT2D eigenvalue weighted by Crippen LogP contribution is -2.31. The number of aromatic nitrogens is 3. The summed E-state index contributed by atoms with van der Waals surface area (Å²) in [6.07, 6.45) is 5.55. The van der Waals surface area contributed by atoms with Gasteiger partial charge in [-0.3, -0.25) is 9.00 Å². The number of benzene rings is 1. The molecule has 2 heterocycles. The Morgan fingerprint density at radius 2 is 1.93 bits per heavy atom. The molecule has 8 heteroatoms. The van der Waals surface area contributed by atoms with Crippen molar-refractivity contribution in [2.45, 2.75) is 5.75 Å². The molecule has 0 saturated heterocycles. The normalized spacial score (nSPS) is 12.0. The number of amides is 1. The molecule has 0 radical (unpaired) electrons. The van der Waals surface area contributed by atoms with Crippen molar-refractivity contribution in [2.75, 3.05) is 26.0 Å². The maximum absolute atomic E-state index is 12.5. The Kier molecular flexibility index (Phi) is 6.56. The van der Waals surface area contributed by atoms with E-state index in [2.05, 4.69) is 10.4 Å². The Bertz CT molecular complexity index is 891. The molecule has 0 aliphatic carbocycles. The van der Waals surface area contributed by atoms with Crippen LogP contribution in [0.25, 0.3) is 11.5 Å². The Hall–Kier alpha value is -2.71. The van der Waals surface area contributed by atoms with Gasteiger partial charge in [-0.1, -0.05) is 18.2 Å². The first-order valence-electron chi connectivity index (χ1n) is 8.55. The maximum Gasteiger partial charge on any atom is 0.232 e. The van der Waals surface area contributed by atoms with Gasteiger partial charge in [0.1, 0.15) is 11.6 Å². The van der Waals surface area contributed by atoms with Crippen molar-refractivity contribution < 1.29 is 13.7 Å². The Morgan fingerprint density at radius 3 is 2.63 bits per heavy atom. The van der Waals surface area contributed by atoms with Gasteiger partial charge in [-0.25, -0.2) is 4.68 Å². The van der Waals surface area contributed by atoms with E-state index in [-0.39, 0.29) is 17.4 Å². The van der Waals surface area contributed by atoms with Crippen LogP contribution in [0.5, 0.6) is 0 Å². The minimum atomic E-state index is -1.34. The number of carbonyl (C=O) groups excluding carboxylic acids is 1. The van der Waals surface area contributed by atoms with Crippen LogP contribution in [0.4, 0.5) is 0 Å². The Morgan fingerprint density at radius 1 is 1.19 bits per heavy atom. The van der Waals surface area contributed by atoms with Crippen molar-refractivity contribution in [2.24, 2.45) is 0 Å². The average Bonchev–Trinajstić information content (AvgIpc) is 3.32. The number of methoxy groups -OCH3 is 1. The third-order valence-electron chi connectivity index (χ3n) is 3.90. The summed E-state index contributed by atoms with van der Waals surface area (Å²) in [5.41, 5.74) is 1.73. The van der Waals surface area contributed by atoms with Gasteiger partial charge in [0.2, 0.25) is 5.91 Å². The number of rotatable bonds is 9. The van der Waals surface area contributed by atoms with Crippen LogP contribution in [-0.2, 0) is 26.1 Å². The van der Waals surface area contributed by atoms with E-state index >= 15 is 0 Å². The van der Waals surface area contributed by atoms with Crippen LogP contribution >= 0.6 is 0 Å². The van der Waals surface area contributed by atoms with Gasteiger partial charge in [0.15, 0.2) is 0 Å². The van der Waals surface area contributed by atoms with E-state index in [4.69, 9.17) is 4.74 Å². The monoisotopic (exact) mass is 386 g/mol. The van der Waals surface area contributed by atoms with Gasteiger partial charge in [-0.15, -0.1) is 0 Å². The highest BCUT2D eigenvalue weighted by Gasteiger charge is 2.17. The number of para-hydroxylation sites is 1. The summed E-state index contributed by atoms with van der Waals surface area (Å²) in [6, 6.07) is 13.6. The topological polar surface area (TPSA) is 78.2 Å². The quantitative estimate of drug-likeness (QED) is 0.568. The highest BCUT2D eigenvalue weighted by Crippen LogP contribution is 2.21. The molecule has 2 aromatic heterocycles. The van der Waals surface area contributed by atoms with Gasteiger partial charge in [0.05, 0.1) is 24.2 Å². The molecule has 0 aliphatic heterocycles. The van der Waals surface area contributed by atoms with Crippen molar-refractivity contribution in [3.63, 3.8) is 0 Å². The fraction of sp³-hybridized carbons (Fsp3) is 0.263. The highest BCUT2D eigenvalue weighted by atomic mass is 32.2. The van der Waals surface area contributed by atoms with E-state index in [0.717, 1.165) is 17.1 Å². The molecule has 0 bridgehead atoms. The zero-order chi connectivity index (χ0) is 19.1. The average molecular weight is 386 g/mol. The molecule has 7 nitrogen and oxygen atoms in total. The van der Waals surface area contributed by atoms with Crippen LogP contribution in [0.1, 0.15) is 5.56 Å². The Balaban J connectivity index is 1.79. The highest BCUT2D eigenvalue weighted by molar-refractivity contribution is 7.84. The van der Waals surface area contributed by atoms with E-state index in [1.807, 2.05) is 64.1 Å². The van der Waals surface area contributed by atoms with Crippen molar-refractivity contribution in [3.05, 3.63) is 66.6 Å². The first-order valence-corrected chi connectivity index (χ1v) is 10.0. The fourth-order valence-corrected chi connectivity index (χ4v) is 3.75. The van der Waals surface area contributed by atoms with Crippen molar-refractivity contribution >= 4 is 16.7 Å². The van der Waals surface area contributed by atoms with Crippen LogP contribution in [0.3, 0.4) is 0 Å². The zero-order valence-electron chi connectivity index (χ0n) is 15.1. The SMILES string of the molecule is COCCNC(=O)CS(=O)Cc1cnn(-c2ccccc2)c1-n1cccc1. The minimum absolute atomic E-state index is 0.0502. The van der Waals surface area contributed by atoms with Crippen LogP contribution < -0.4 is 5.32 Å². The first-order chi connectivity index (χ1) is 13.2. The summed E-state index contributed by atoms with van der Waals surface area (Å²) in [5.74, 6) is 0.770. The lowest BCUT2D eigenvalue weighted by Gasteiger charge is -2.11. The molecule has 0 fully saturated rings. The van der Waals surface area contributed by atoms with Crippen molar-refractivity contribution in [1.29, 1.82) is 0 Å². The summed E-state index contributed by atoms with van der Waals surface area (Å²) in [4.78, 5) is 11.9. The minimum Gasteiger partial charge on any atom is -0.383 e. The molecule has 1 N–H and O–H groups in total. The molecular weight excluding hydrogens is 364 g/mol. The van der Waals surface area contributed by atoms with Gasteiger partial charge in [-0.05, 0) is 24.3 Å².